The lowest BCUT2D eigenvalue weighted by atomic mass is 9.69. The van der Waals surface area contributed by atoms with Crippen molar-refractivity contribution >= 4 is 28.6 Å². The minimum absolute atomic E-state index is 0.137. The molecule has 3 N–H and O–H groups in total. The highest BCUT2D eigenvalue weighted by Crippen LogP contribution is 2.43. The van der Waals surface area contributed by atoms with Crippen molar-refractivity contribution in [3.8, 4) is 0 Å². The van der Waals surface area contributed by atoms with E-state index in [-0.39, 0.29) is 28.0 Å². The summed E-state index contributed by atoms with van der Waals surface area (Å²) in [6.07, 6.45) is 1.09. The number of hydrogen-bond donors (Lipinski definition) is 2. The number of nitrogens with one attached hydrogen (secondary N) is 1. The molecular formula is C30H34N2O2. The molecule has 0 amide bonds. The highest BCUT2D eigenvalue weighted by molar-refractivity contribution is 6.31. The van der Waals surface area contributed by atoms with E-state index in [4.69, 9.17) is 5.73 Å². The molecule has 4 rings (SSSR count). The molecule has 0 aliphatic heterocycles. The molecule has 0 heterocycles. The van der Waals surface area contributed by atoms with E-state index in [9.17, 15) is 9.59 Å². The van der Waals surface area contributed by atoms with Gasteiger partial charge in [0.25, 0.3) is 0 Å². The van der Waals surface area contributed by atoms with Gasteiger partial charge in [0, 0.05) is 22.5 Å². The predicted molar refractivity (Wildman–Crippen MR) is 140 cm³/mol. The maximum absolute atomic E-state index is 13.4. The molecule has 0 saturated carbocycles. The second-order valence-corrected chi connectivity index (χ2v) is 11.6. The fraction of sp³-hybridized carbons (Fsp3) is 0.333. The topological polar surface area (TPSA) is 72.2 Å². The van der Waals surface area contributed by atoms with Crippen LogP contribution in [0.15, 0.2) is 60.7 Å². The van der Waals surface area contributed by atoms with E-state index in [1.807, 2.05) is 12.1 Å². The van der Waals surface area contributed by atoms with Crippen LogP contribution in [-0.2, 0) is 0 Å². The first-order chi connectivity index (χ1) is 15.9. The van der Waals surface area contributed by atoms with E-state index < -0.39 is 0 Å². The molecule has 1 atom stereocenters. The van der Waals surface area contributed by atoms with E-state index in [2.05, 4.69) is 59.0 Å². The van der Waals surface area contributed by atoms with Crippen LogP contribution in [-0.4, -0.2) is 11.6 Å². The number of anilines is 3. The first-order valence-electron chi connectivity index (χ1n) is 11.8. The number of carbonyl (C=O) groups is 2. The average Bonchev–Trinajstić information content (AvgIpc) is 2.76. The lowest BCUT2D eigenvalue weighted by molar-refractivity contribution is 0.0980. The van der Waals surface area contributed by atoms with Gasteiger partial charge in [0.05, 0.1) is 16.8 Å². The minimum Gasteiger partial charge on any atom is -0.398 e. The molecule has 176 valence electrons. The van der Waals surface area contributed by atoms with Crippen LogP contribution in [0, 0.1) is 10.8 Å². The summed E-state index contributed by atoms with van der Waals surface area (Å²) in [6.45, 7) is 13.7. The van der Waals surface area contributed by atoms with Crippen LogP contribution < -0.4 is 11.1 Å². The maximum Gasteiger partial charge on any atom is 0.196 e. The molecule has 0 spiro atoms. The molecule has 1 unspecified atom stereocenters. The van der Waals surface area contributed by atoms with Crippen LogP contribution in [0.2, 0.25) is 0 Å². The number of fused-ring (bicyclic) bond motifs is 2. The second-order valence-electron chi connectivity index (χ2n) is 11.6. The molecule has 0 saturated heterocycles. The Morgan fingerprint density at radius 3 is 1.85 bits per heavy atom. The van der Waals surface area contributed by atoms with Gasteiger partial charge in [-0.2, -0.15) is 0 Å². The molecular weight excluding hydrogens is 420 g/mol. The average molecular weight is 455 g/mol. The Hall–Kier alpha value is -3.40. The van der Waals surface area contributed by atoms with Crippen LogP contribution in [0.5, 0.6) is 0 Å². The molecule has 1 aliphatic carbocycles. The highest BCUT2D eigenvalue weighted by Gasteiger charge is 2.33. The molecule has 34 heavy (non-hydrogen) atoms. The standard InChI is InChI=1S/C30H34N2O2/c1-29(2,3)17-22(30(4,5)6)18-11-13-19(14-12-18)32-24-16-15-23(31)25-26(24)28(34)21-10-8-7-9-20(21)27(25)33/h7-16,22,32H,17,31H2,1-6H3. The zero-order chi connectivity index (χ0) is 24.8. The van der Waals surface area contributed by atoms with Gasteiger partial charge in [-0.25, -0.2) is 0 Å². The number of hydrogen-bond acceptors (Lipinski definition) is 4. The van der Waals surface area contributed by atoms with Gasteiger partial charge in [-0.15, -0.1) is 0 Å². The number of nitrogen functional groups attached to an aromatic ring is 1. The minimum atomic E-state index is -0.211. The third-order valence-electron chi connectivity index (χ3n) is 6.56. The molecule has 0 aromatic heterocycles. The molecule has 0 radical (unpaired) electrons. The highest BCUT2D eigenvalue weighted by atomic mass is 16.1. The molecule has 4 nitrogen and oxygen atoms in total. The number of benzene rings is 3. The summed E-state index contributed by atoms with van der Waals surface area (Å²) >= 11 is 0. The zero-order valence-corrected chi connectivity index (χ0v) is 21.0. The summed E-state index contributed by atoms with van der Waals surface area (Å²) in [5, 5.41) is 3.37. The SMILES string of the molecule is CC(C)(C)CC(c1ccc(Nc2ccc(N)c3c2C(=O)c2ccccc2C3=O)cc1)C(C)(C)C. The Morgan fingerprint density at radius 2 is 1.32 bits per heavy atom. The summed E-state index contributed by atoms with van der Waals surface area (Å²) in [7, 11) is 0. The number of nitrogens with two attached hydrogens (primary N) is 1. The molecule has 3 aromatic rings. The van der Waals surface area contributed by atoms with Gasteiger partial charge in [-0.05, 0) is 53.0 Å². The van der Waals surface area contributed by atoms with Crippen LogP contribution in [0.4, 0.5) is 17.1 Å². The summed E-state index contributed by atoms with van der Waals surface area (Å²) in [6, 6.07) is 18.8. The molecule has 4 heteroatoms. The van der Waals surface area contributed by atoms with Crippen molar-refractivity contribution in [2.24, 2.45) is 10.8 Å². The van der Waals surface area contributed by atoms with E-state index in [1.54, 1.807) is 36.4 Å². The largest absolute Gasteiger partial charge is 0.398 e. The van der Waals surface area contributed by atoms with Gasteiger partial charge >= 0.3 is 0 Å². The summed E-state index contributed by atoms with van der Waals surface area (Å²) < 4.78 is 0. The van der Waals surface area contributed by atoms with Gasteiger partial charge < -0.3 is 11.1 Å². The summed E-state index contributed by atoms with van der Waals surface area (Å²) in [4.78, 5) is 26.5. The van der Waals surface area contributed by atoms with Gasteiger partial charge in [-0.1, -0.05) is 77.9 Å². The van der Waals surface area contributed by atoms with Crippen molar-refractivity contribution in [2.75, 3.05) is 11.1 Å². The Kier molecular flexibility index (Phi) is 5.89. The Morgan fingerprint density at radius 1 is 0.765 bits per heavy atom. The maximum atomic E-state index is 13.4. The van der Waals surface area contributed by atoms with E-state index in [0.29, 0.717) is 34.0 Å². The molecule has 3 aromatic carbocycles. The predicted octanol–water partition coefficient (Wildman–Crippen LogP) is 7.35. The number of carbonyl (C=O) groups excluding carboxylic acids is 2. The first-order valence-corrected chi connectivity index (χ1v) is 11.8. The Labute approximate surface area is 202 Å². The van der Waals surface area contributed by atoms with Gasteiger partial charge in [0.1, 0.15) is 0 Å². The third-order valence-corrected chi connectivity index (χ3v) is 6.56. The fourth-order valence-electron chi connectivity index (χ4n) is 4.84. The number of rotatable bonds is 4. The molecule has 1 aliphatic rings. The van der Waals surface area contributed by atoms with Crippen molar-refractivity contribution in [1.82, 2.24) is 0 Å². The second kappa shape index (κ2) is 8.43. The fourth-order valence-corrected chi connectivity index (χ4v) is 4.84. The van der Waals surface area contributed by atoms with Gasteiger partial charge in [0.2, 0.25) is 0 Å². The van der Waals surface area contributed by atoms with Crippen molar-refractivity contribution in [3.63, 3.8) is 0 Å². The molecule has 0 bridgehead atoms. The van der Waals surface area contributed by atoms with Gasteiger partial charge in [-0.3, -0.25) is 9.59 Å². The summed E-state index contributed by atoms with van der Waals surface area (Å²) in [5.74, 6) is 0.0213. The van der Waals surface area contributed by atoms with Crippen LogP contribution in [0.1, 0.15) is 91.3 Å². The van der Waals surface area contributed by atoms with Crippen molar-refractivity contribution in [3.05, 3.63) is 88.5 Å². The van der Waals surface area contributed by atoms with Crippen LogP contribution in [0.3, 0.4) is 0 Å². The normalized spacial score (nSPS) is 14.4. The number of ketones is 2. The van der Waals surface area contributed by atoms with Crippen molar-refractivity contribution in [1.29, 1.82) is 0 Å². The third kappa shape index (κ3) is 4.50. The molecule has 0 fully saturated rings. The van der Waals surface area contributed by atoms with Gasteiger partial charge in [0.15, 0.2) is 11.6 Å². The van der Waals surface area contributed by atoms with E-state index in [0.717, 1.165) is 12.1 Å². The van der Waals surface area contributed by atoms with Crippen LogP contribution in [0.25, 0.3) is 0 Å². The van der Waals surface area contributed by atoms with Crippen molar-refractivity contribution in [2.45, 2.75) is 53.9 Å². The lowest BCUT2D eigenvalue weighted by Gasteiger charge is -2.36. The Bertz CT molecular complexity index is 1260. The van der Waals surface area contributed by atoms with Crippen molar-refractivity contribution < 1.29 is 9.59 Å². The van der Waals surface area contributed by atoms with E-state index in [1.165, 1.54) is 5.56 Å². The zero-order valence-electron chi connectivity index (χ0n) is 21.0. The monoisotopic (exact) mass is 454 g/mol. The quantitative estimate of drug-likeness (QED) is 0.316. The first kappa shape index (κ1) is 23.7. The Balaban J connectivity index is 1.69. The smallest absolute Gasteiger partial charge is 0.196 e. The summed E-state index contributed by atoms with van der Waals surface area (Å²) in [5.41, 5.74) is 11.0. The lowest BCUT2D eigenvalue weighted by Crippen LogP contribution is -2.24. The van der Waals surface area contributed by atoms with E-state index >= 15 is 0 Å². The van der Waals surface area contributed by atoms with Crippen LogP contribution >= 0.6 is 0 Å².